The van der Waals surface area contributed by atoms with Crippen molar-refractivity contribution in [2.45, 2.75) is 32.4 Å². The molecule has 8 nitrogen and oxygen atoms in total. The van der Waals surface area contributed by atoms with E-state index in [0.29, 0.717) is 5.75 Å². The summed E-state index contributed by atoms with van der Waals surface area (Å²) in [6, 6.07) is 4.20. The zero-order chi connectivity index (χ0) is 18.3. The summed E-state index contributed by atoms with van der Waals surface area (Å²) in [5.74, 6) is -0.225. The van der Waals surface area contributed by atoms with Gasteiger partial charge in [-0.05, 0) is 39.2 Å². The van der Waals surface area contributed by atoms with Gasteiger partial charge in [0.25, 0.3) is 5.69 Å². The van der Waals surface area contributed by atoms with Gasteiger partial charge in [0.05, 0.1) is 4.92 Å². The first kappa shape index (κ1) is 19.8. The van der Waals surface area contributed by atoms with E-state index in [1.165, 1.54) is 36.0 Å². The number of carbonyl (C=O) groups excluding carboxylic acids is 2. The Bertz CT molecular complexity index is 597. The van der Waals surface area contributed by atoms with Gasteiger partial charge in [0.1, 0.15) is 17.4 Å². The molecule has 0 heterocycles. The third-order valence-corrected chi connectivity index (χ3v) is 3.24. The molecule has 0 aliphatic heterocycles. The van der Waals surface area contributed by atoms with E-state index in [4.69, 9.17) is 9.47 Å². The summed E-state index contributed by atoms with van der Waals surface area (Å²) in [6.07, 6.45) is 1.06. The van der Waals surface area contributed by atoms with Crippen molar-refractivity contribution < 1.29 is 24.0 Å². The number of non-ortho nitro benzene ring substituents is 1. The Hall–Kier alpha value is -2.29. The number of nitro benzene ring substituents is 1. The van der Waals surface area contributed by atoms with Crippen molar-refractivity contribution in [1.29, 1.82) is 0 Å². The summed E-state index contributed by atoms with van der Waals surface area (Å²) in [6.45, 7) is 5.14. The Kier molecular flexibility index (Phi) is 7.02. The fourth-order valence-corrected chi connectivity index (χ4v) is 2.16. The topological polar surface area (TPSA) is 108 Å². The zero-order valence-electron chi connectivity index (χ0n) is 13.9. The van der Waals surface area contributed by atoms with E-state index in [1.54, 1.807) is 27.0 Å². The highest BCUT2D eigenvalue weighted by molar-refractivity contribution is 7.98. The minimum atomic E-state index is -0.898. The number of carbonyl (C=O) groups is 2. The van der Waals surface area contributed by atoms with Crippen LogP contribution in [0.1, 0.15) is 20.8 Å². The van der Waals surface area contributed by atoms with Crippen molar-refractivity contribution in [3.8, 4) is 5.75 Å². The van der Waals surface area contributed by atoms with Gasteiger partial charge in [-0.3, -0.25) is 10.1 Å². The number of benzene rings is 1. The van der Waals surface area contributed by atoms with Gasteiger partial charge in [0.15, 0.2) is 0 Å². The van der Waals surface area contributed by atoms with Crippen molar-refractivity contribution >= 4 is 29.5 Å². The molecule has 0 fully saturated rings. The highest BCUT2D eigenvalue weighted by atomic mass is 32.2. The first-order valence-electron chi connectivity index (χ1n) is 7.07. The van der Waals surface area contributed by atoms with Crippen LogP contribution in [0.5, 0.6) is 5.75 Å². The lowest BCUT2D eigenvalue weighted by Gasteiger charge is -2.22. The van der Waals surface area contributed by atoms with E-state index < -0.39 is 28.6 Å². The predicted molar refractivity (Wildman–Crippen MR) is 90.3 cm³/mol. The smallest absolute Gasteiger partial charge is 0.408 e. The van der Waals surface area contributed by atoms with Gasteiger partial charge in [0, 0.05) is 17.9 Å². The predicted octanol–water partition coefficient (Wildman–Crippen LogP) is 2.76. The lowest BCUT2D eigenvalue weighted by atomic mass is 10.2. The summed E-state index contributed by atoms with van der Waals surface area (Å²) in [7, 11) is 0. The van der Waals surface area contributed by atoms with E-state index in [9.17, 15) is 19.7 Å². The Morgan fingerprint density at radius 3 is 2.33 bits per heavy atom. The molecule has 0 bridgehead atoms. The molecule has 0 saturated heterocycles. The molecular weight excluding hydrogens is 336 g/mol. The molecule has 0 aliphatic carbocycles. The molecule has 1 N–H and O–H groups in total. The van der Waals surface area contributed by atoms with Gasteiger partial charge in [-0.15, -0.1) is 0 Å². The van der Waals surface area contributed by atoms with Crippen LogP contribution in [0.3, 0.4) is 0 Å². The second-order valence-electron chi connectivity index (χ2n) is 5.83. The molecule has 1 amide bonds. The molecule has 24 heavy (non-hydrogen) atoms. The molecule has 0 aromatic heterocycles. The minimum absolute atomic E-state index is 0.109. The number of ether oxygens (including phenoxy) is 2. The lowest BCUT2D eigenvalue weighted by Crippen LogP contribution is -2.46. The Morgan fingerprint density at radius 2 is 1.88 bits per heavy atom. The molecule has 0 unspecified atom stereocenters. The van der Waals surface area contributed by atoms with Gasteiger partial charge in [-0.1, -0.05) is 0 Å². The quantitative estimate of drug-likeness (QED) is 0.361. The fourth-order valence-electron chi connectivity index (χ4n) is 1.61. The van der Waals surface area contributed by atoms with Gasteiger partial charge in [-0.25, -0.2) is 9.59 Å². The molecule has 0 aliphatic rings. The molecule has 1 rings (SSSR count). The average molecular weight is 356 g/mol. The standard InChI is InChI=1S/C15H20N2O6S/c1-15(2,3)23-14(19)16-12(9-24-4)13(18)22-11-7-5-10(6-8-11)17(20)21/h5-8,12H,9H2,1-4H3,(H,16,19)/t12-/m0/s1. The number of alkyl carbamates (subject to hydrolysis) is 1. The van der Waals surface area contributed by atoms with Crippen LogP contribution in [0.25, 0.3) is 0 Å². The second kappa shape index (κ2) is 8.53. The second-order valence-corrected chi connectivity index (χ2v) is 6.74. The van der Waals surface area contributed by atoms with Crippen molar-refractivity contribution in [3.63, 3.8) is 0 Å². The maximum Gasteiger partial charge on any atom is 0.408 e. The molecule has 1 aromatic rings. The van der Waals surface area contributed by atoms with Crippen LogP contribution in [-0.2, 0) is 9.53 Å². The minimum Gasteiger partial charge on any atom is -0.444 e. The summed E-state index contributed by atoms with van der Waals surface area (Å²) in [5.41, 5.74) is -0.793. The number of amides is 1. The van der Waals surface area contributed by atoms with Crippen LogP contribution in [0, 0.1) is 10.1 Å². The van der Waals surface area contributed by atoms with Crippen LogP contribution in [0.15, 0.2) is 24.3 Å². The van der Waals surface area contributed by atoms with Crippen molar-refractivity contribution in [2.75, 3.05) is 12.0 Å². The Balaban J connectivity index is 2.72. The van der Waals surface area contributed by atoms with E-state index in [1.807, 2.05) is 0 Å². The number of hydrogen-bond donors (Lipinski definition) is 1. The van der Waals surface area contributed by atoms with Crippen LogP contribution >= 0.6 is 11.8 Å². The zero-order valence-corrected chi connectivity index (χ0v) is 14.7. The van der Waals surface area contributed by atoms with Crippen molar-refractivity contribution in [3.05, 3.63) is 34.4 Å². The normalized spacial score (nSPS) is 12.2. The van der Waals surface area contributed by atoms with Gasteiger partial charge in [0.2, 0.25) is 0 Å². The van der Waals surface area contributed by atoms with Crippen LogP contribution < -0.4 is 10.1 Å². The maximum absolute atomic E-state index is 12.2. The number of rotatable bonds is 6. The number of hydrogen-bond acceptors (Lipinski definition) is 7. The molecule has 0 radical (unpaired) electrons. The third kappa shape index (κ3) is 6.86. The maximum atomic E-state index is 12.2. The van der Waals surface area contributed by atoms with Crippen LogP contribution in [-0.4, -0.2) is 40.6 Å². The summed E-state index contributed by atoms with van der Waals surface area (Å²) >= 11 is 1.35. The molecule has 9 heteroatoms. The number of nitrogens with zero attached hydrogens (tertiary/aromatic N) is 1. The summed E-state index contributed by atoms with van der Waals surface area (Å²) < 4.78 is 10.3. The van der Waals surface area contributed by atoms with E-state index in [0.717, 1.165) is 0 Å². The number of esters is 1. The summed E-state index contributed by atoms with van der Waals surface area (Å²) in [4.78, 5) is 34.0. The molecular formula is C15H20N2O6S. The number of nitro groups is 1. The fraction of sp³-hybridized carbons (Fsp3) is 0.467. The lowest BCUT2D eigenvalue weighted by molar-refractivity contribution is -0.384. The van der Waals surface area contributed by atoms with Crippen LogP contribution in [0.2, 0.25) is 0 Å². The highest BCUT2D eigenvalue weighted by Crippen LogP contribution is 2.18. The van der Waals surface area contributed by atoms with E-state index in [-0.39, 0.29) is 11.4 Å². The largest absolute Gasteiger partial charge is 0.444 e. The van der Waals surface area contributed by atoms with E-state index >= 15 is 0 Å². The molecule has 0 saturated carbocycles. The first-order valence-corrected chi connectivity index (χ1v) is 8.46. The average Bonchev–Trinajstić information content (AvgIpc) is 2.45. The van der Waals surface area contributed by atoms with Crippen LogP contribution in [0.4, 0.5) is 10.5 Å². The Labute approximate surface area is 144 Å². The number of nitrogens with one attached hydrogen (secondary N) is 1. The van der Waals surface area contributed by atoms with Gasteiger partial charge in [-0.2, -0.15) is 11.8 Å². The Morgan fingerprint density at radius 1 is 1.29 bits per heavy atom. The molecule has 0 spiro atoms. The van der Waals surface area contributed by atoms with Crippen molar-refractivity contribution in [2.24, 2.45) is 0 Å². The summed E-state index contributed by atoms with van der Waals surface area (Å²) in [5, 5.41) is 13.1. The number of thioether (sulfide) groups is 1. The van der Waals surface area contributed by atoms with Gasteiger partial charge < -0.3 is 14.8 Å². The molecule has 1 aromatic carbocycles. The molecule has 1 atom stereocenters. The van der Waals surface area contributed by atoms with E-state index in [2.05, 4.69) is 5.32 Å². The molecule has 132 valence electrons. The van der Waals surface area contributed by atoms with Gasteiger partial charge >= 0.3 is 12.1 Å². The highest BCUT2D eigenvalue weighted by Gasteiger charge is 2.25. The third-order valence-electron chi connectivity index (χ3n) is 2.57. The SMILES string of the molecule is CSC[C@H](NC(=O)OC(C)(C)C)C(=O)Oc1ccc([N+](=O)[O-])cc1. The monoisotopic (exact) mass is 356 g/mol. The van der Waals surface area contributed by atoms with Crippen molar-refractivity contribution in [1.82, 2.24) is 5.32 Å². The first-order chi connectivity index (χ1) is 11.1.